The van der Waals surface area contributed by atoms with E-state index in [2.05, 4.69) is 20.7 Å². The third-order valence-electron chi connectivity index (χ3n) is 4.93. The number of aliphatic imine (C=N–C) groups is 1. The molecule has 0 unspecified atom stereocenters. The first-order valence-corrected chi connectivity index (χ1v) is 9.32. The van der Waals surface area contributed by atoms with Gasteiger partial charge < -0.3 is 4.74 Å². The van der Waals surface area contributed by atoms with Gasteiger partial charge >= 0.3 is 5.76 Å². The van der Waals surface area contributed by atoms with Gasteiger partial charge in [0.05, 0.1) is 10.7 Å². The third kappa shape index (κ3) is 3.75. The molecule has 6 nitrogen and oxygen atoms in total. The summed E-state index contributed by atoms with van der Waals surface area (Å²) in [7, 11) is 0. The Morgan fingerprint density at radius 1 is 1.27 bits per heavy atom. The molecule has 0 bridgehead atoms. The lowest BCUT2D eigenvalue weighted by Crippen LogP contribution is -2.15. The van der Waals surface area contributed by atoms with Crippen molar-refractivity contribution in [1.29, 1.82) is 0 Å². The smallest absolute Gasteiger partial charge is 0.439 e. The van der Waals surface area contributed by atoms with Crippen molar-refractivity contribution in [1.82, 2.24) is 10.1 Å². The predicted octanol–water partition coefficient (Wildman–Crippen LogP) is 4.37. The molecule has 0 amide bonds. The Morgan fingerprint density at radius 2 is 2.12 bits per heavy atom. The van der Waals surface area contributed by atoms with E-state index in [1.807, 2.05) is 0 Å². The zero-order chi connectivity index (χ0) is 17.9. The van der Waals surface area contributed by atoms with Crippen molar-refractivity contribution in [2.75, 3.05) is 6.61 Å². The fourth-order valence-electron chi connectivity index (χ4n) is 3.56. The van der Waals surface area contributed by atoms with Gasteiger partial charge in [-0.05, 0) is 37.0 Å². The lowest BCUT2D eigenvalue weighted by Gasteiger charge is -2.21. The lowest BCUT2D eigenvalue weighted by molar-refractivity contribution is 0.351. The average molecular weight is 374 g/mol. The van der Waals surface area contributed by atoms with Crippen LogP contribution in [-0.2, 0) is 0 Å². The molecule has 0 radical (unpaired) electrons. The van der Waals surface area contributed by atoms with Crippen molar-refractivity contribution < 1.29 is 9.26 Å². The van der Waals surface area contributed by atoms with Crippen LogP contribution < -0.4 is 10.5 Å². The van der Waals surface area contributed by atoms with Crippen molar-refractivity contribution in [3.05, 3.63) is 45.5 Å². The van der Waals surface area contributed by atoms with Crippen molar-refractivity contribution in [2.24, 2.45) is 10.9 Å². The van der Waals surface area contributed by atoms with Gasteiger partial charge in [-0.1, -0.05) is 42.1 Å². The summed E-state index contributed by atoms with van der Waals surface area (Å²) in [5, 5.41) is 4.07. The van der Waals surface area contributed by atoms with Crippen LogP contribution in [0.2, 0.25) is 5.02 Å². The standard InChI is InChI=1S/C19H20ClN3O3/c20-16-10-14(7-8-15(16)18-22-19(24)26-23-18)25-11-13-6-9-17(21-13)12-4-2-1-3-5-12/h6-8,10,12H,1-5,9,11H2,(H,22,23,24). The monoisotopic (exact) mass is 373 g/mol. The van der Waals surface area contributed by atoms with Gasteiger partial charge in [-0.3, -0.25) is 14.5 Å². The molecule has 1 aliphatic carbocycles. The van der Waals surface area contributed by atoms with E-state index in [1.165, 1.54) is 37.8 Å². The highest BCUT2D eigenvalue weighted by Gasteiger charge is 2.21. The van der Waals surface area contributed by atoms with Gasteiger partial charge in [-0.2, -0.15) is 0 Å². The molecule has 2 aliphatic rings. The third-order valence-corrected chi connectivity index (χ3v) is 5.25. The maximum atomic E-state index is 11.1. The topological polar surface area (TPSA) is 80.5 Å². The molecule has 1 aromatic carbocycles. The number of benzene rings is 1. The van der Waals surface area contributed by atoms with Crippen LogP contribution in [0.1, 0.15) is 38.5 Å². The molecule has 136 valence electrons. The molecule has 2 aromatic rings. The first-order valence-electron chi connectivity index (χ1n) is 8.94. The minimum absolute atomic E-state index is 0.298. The lowest BCUT2D eigenvalue weighted by atomic mass is 9.85. The van der Waals surface area contributed by atoms with Crippen molar-refractivity contribution in [3.63, 3.8) is 0 Å². The molecule has 1 N–H and O–H groups in total. The van der Waals surface area contributed by atoms with Crippen LogP contribution in [0.5, 0.6) is 5.75 Å². The van der Waals surface area contributed by atoms with Gasteiger partial charge in [0.1, 0.15) is 12.4 Å². The number of allylic oxidation sites excluding steroid dienone is 1. The minimum atomic E-state index is -0.615. The molecule has 1 fully saturated rings. The Bertz CT molecular complexity index is 907. The first kappa shape index (κ1) is 17.1. The zero-order valence-corrected chi connectivity index (χ0v) is 15.1. The summed E-state index contributed by atoms with van der Waals surface area (Å²) in [6.07, 6.45) is 9.62. The maximum Gasteiger partial charge on any atom is 0.439 e. The Hall–Kier alpha value is -2.34. The predicted molar refractivity (Wildman–Crippen MR) is 99.8 cm³/mol. The van der Waals surface area contributed by atoms with Crippen LogP contribution in [0, 0.1) is 5.92 Å². The highest BCUT2D eigenvalue weighted by molar-refractivity contribution is 6.33. The van der Waals surface area contributed by atoms with Crippen molar-refractivity contribution in [3.8, 4) is 17.1 Å². The number of ether oxygens (including phenoxy) is 1. The van der Waals surface area contributed by atoms with Crippen molar-refractivity contribution >= 4 is 17.3 Å². The van der Waals surface area contributed by atoms with E-state index in [-0.39, 0.29) is 0 Å². The second-order valence-corrected chi connectivity index (χ2v) is 7.12. The molecular weight excluding hydrogens is 354 g/mol. The highest BCUT2D eigenvalue weighted by Crippen LogP contribution is 2.31. The number of nitrogens with one attached hydrogen (secondary N) is 1. The summed E-state index contributed by atoms with van der Waals surface area (Å²) < 4.78 is 10.3. The zero-order valence-electron chi connectivity index (χ0n) is 14.3. The summed E-state index contributed by atoms with van der Waals surface area (Å²) in [6.45, 7) is 0.423. The van der Waals surface area contributed by atoms with E-state index in [1.54, 1.807) is 18.2 Å². The van der Waals surface area contributed by atoms with Crippen LogP contribution in [0.3, 0.4) is 0 Å². The van der Waals surface area contributed by atoms with Crippen LogP contribution in [0.4, 0.5) is 0 Å². The molecule has 26 heavy (non-hydrogen) atoms. The van der Waals surface area contributed by atoms with E-state index >= 15 is 0 Å². The molecule has 0 atom stereocenters. The quantitative estimate of drug-likeness (QED) is 0.843. The fourth-order valence-corrected chi connectivity index (χ4v) is 3.82. The Balaban J connectivity index is 1.38. The molecule has 7 heteroatoms. The van der Waals surface area contributed by atoms with Gasteiger partial charge in [0.2, 0.25) is 0 Å². The summed E-state index contributed by atoms with van der Waals surface area (Å²) in [4.78, 5) is 18.3. The first-order chi connectivity index (χ1) is 12.7. The SMILES string of the molecule is O=c1[nH]c(-c2ccc(OCC3=CCC(C4CCCCC4)=N3)cc2Cl)no1. The van der Waals surface area contributed by atoms with E-state index in [9.17, 15) is 4.79 Å². The van der Waals surface area contributed by atoms with Crippen LogP contribution in [0.15, 0.2) is 44.3 Å². The van der Waals surface area contributed by atoms with Crippen LogP contribution >= 0.6 is 11.6 Å². The minimum Gasteiger partial charge on any atom is -0.487 e. The summed E-state index contributed by atoms with van der Waals surface area (Å²) in [5.74, 6) is 0.977. The Morgan fingerprint density at radius 3 is 2.85 bits per heavy atom. The van der Waals surface area contributed by atoms with E-state index < -0.39 is 5.76 Å². The Kier molecular flexibility index (Phi) is 4.93. The molecule has 4 rings (SSSR count). The molecule has 1 saturated carbocycles. The van der Waals surface area contributed by atoms with Gasteiger partial charge in [-0.15, -0.1) is 0 Å². The number of halogens is 1. The van der Waals surface area contributed by atoms with Crippen molar-refractivity contribution in [2.45, 2.75) is 38.5 Å². The fraction of sp³-hybridized carbons (Fsp3) is 0.421. The molecule has 2 heterocycles. The highest BCUT2D eigenvalue weighted by atomic mass is 35.5. The van der Waals surface area contributed by atoms with Crippen LogP contribution in [-0.4, -0.2) is 22.5 Å². The summed E-state index contributed by atoms with van der Waals surface area (Å²) in [6, 6.07) is 5.23. The number of aromatic amines is 1. The number of hydrogen-bond donors (Lipinski definition) is 1. The molecule has 0 saturated heterocycles. The number of aromatic nitrogens is 2. The van der Waals surface area contributed by atoms with E-state index in [0.717, 1.165) is 12.1 Å². The number of rotatable bonds is 5. The largest absolute Gasteiger partial charge is 0.487 e. The van der Waals surface area contributed by atoms with Gasteiger partial charge in [-0.25, -0.2) is 4.79 Å². The normalized spacial score (nSPS) is 17.9. The maximum absolute atomic E-state index is 11.1. The summed E-state index contributed by atoms with van der Waals surface area (Å²) in [5.41, 5.74) is 2.88. The van der Waals surface area contributed by atoms with Gasteiger partial charge in [0.25, 0.3) is 0 Å². The van der Waals surface area contributed by atoms with Gasteiger partial charge in [0, 0.05) is 17.7 Å². The number of hydrogen-bond acceptors (Lipinski definition) is 5. The molecular formula is C19H20ClN3O3. The summed E-state index contributed by atoms with van der Waals surface area (Å²) >= 11 is 6.27. The second-order valence-electron chi connectivity index (χ2n) is 6.71. The van der Waals surface area contributed by atoms with Crippen LogP contribution in [0.25, 0.3) is 11.4 Å². The Labute approximate surface area is 155 Å². The van der Waals surface area contributed by atoms with E-state index in [4.69, 9.17) is 21.3 Å². The van der Waals surface area contributed by atoms with E-state index in [0.29, 0.717) is 34.7 Å². The van der Waals surface area contributed by atoms with Gasteiger partial charge in [0.15, 0.2) is 5.82 Å². The molecule has 1 aromatic heterocycles. The molecule has 0 spiro atoms. The number of nitrogens with zero attached hydrogens (tertiary/aromatic N) is 2. The molecule has 1 aliphatic heterocycles. The number of H-pyrrole nitrogens is 1. The second kappa shape index (κ2) is 7.50. The average Bonchev–Trinajstić information content (AvgIpc) is 3.30.